The van der Waals surface area contributed by atoms with E-state index in [-0.39, 0.29) is 11.9 Å². The molecule has 12 heteroatoms. The second-order valence-corrected chi connectivity index (χ2v) is 13.0. The molecule has 4 heterocycles. The first-order chi connectivity index (χ1) is 24.1. The number of imidazole rings is 1. The third-order valence-electron chi connectivity index (χ3n) is 9.70. The van der Waals surface area contributed by atoms with Gasteiger partial charge in [-0.15, -0.1) is 0 Å². The van der Waals surface area contributed by atoms with Crippen LogP contribution in [-0.4, -0.2) is 69.1 Å². The average Bonchev–Trinajstić information content (AvgIpc) is 3.77. The van der Waals surface area contributed by atoms with Gasteiger partial charge in [0.25, 0.3) is 0 Å². The van der Waals surface area contributed by atoms with Gasteiger partial charge in [-0.2, -0.15) is 4.98 Å². The van der Waals surface area contributed by atoms with E-state index >= 15 is 0 Å². The number of fused-ring (bicyclic) bond motifs is 1. The molecule has 1 aliphatic carbocycles. The summed E-state index contributed by atoms with van der Waals surface area (Å²) in [6.07, 6.45) is 6.79. The standard InChI is InChI=1S/C37H40N10O2/c48-33-17-18-46(37(49)42-33)31-12-6-7-26(23-31)25-44-19-21-45(22-20-44)29-15-13-28(14-16-29)39-35-38-24-32-34(43-35)47(30-10-4-5-11-30)36(41-32)40-27-8-2-1-3-9-27/h1-3,6-9,12-16,23-24,30H,4-5,10-11,17-22,25H2,(H,40,41)(H,38,39,43)(H,42,48,49). The molecule has 2 aromatic heterocycles. The van der Waals surface area contributed by atoms with Crippen molar-refractivity contribution in [2.75, 3.05) is 53.2 Å². The summed E-state index contributed by atoms with van der Waals surface area (Å²) in [5.41, 5.74) is 6.72. The van der Waals surface area contributed by atoms with Crippen LogP contribution in [0.3, 0.4) is 0 Å². The zero-order valence-electron chi connectivity index (χ0n) is 27.4. The number of para-hydroxylation sites is 1. The van der Waals surface area contributed by atoms with Crippen LogP contribution in [0.5, 0.6) is 0 Å². The van der Waals surface area contributed by atoms with E-state index in [1.807, 2.05) is 48.7 Å². The molecule has 0 radical (unpaired) electrons. The Hall–Kier alpha value is -5.49. The number of nitrogens with one attached hydrogen (secondary N) is 3. The molecule has 49 heavy (non-hydrogen) atoms. The second-order valence-electron chi connectivity index (χ2n) is 13.0. The number of carbonyl (C=O) groups is 2. The van der Waals surface area contributed by atoms with E-state index in [1.165, 1.54) is 18.5 Å². The van der Waals surface area contributed by atoms with E-state index < -0.39 is 0 Å². The number of anilines is 6. The maximum atomic E-state index is 12.3. The van der Waals surface area contributed by atoms with Gasteiger partial charge in [-0.1, -0.05) is 43.2 Å². The highest BCUT2D eigenvalue weighted by Crippen LogP contribution is 2.36. The van der Waals surface area contributed by atoms with Crippen LogP contribution in [0.15, 0.2) is 85.1 Å². The summed E-state index contributed by atoms with van der Waals surface area (Å²) in [6.45, 7) is 4.94. The predicted octanol–water partition coefficient (Wildman–Crippen LogP) is 6.20. The fourth-order valence-corrected chi connectivity index (χ4v) is 7.14. The van der Waals surface area contributed by atoms with Crippen LogP contribution in [-0.2, 0) is 11.3 Å². The summed E-state index contributed by atoms with van der Waals surface area (Å²) in [4.78, 5) is 44.8. The predicted molar refractivity (Wildman–Crippen MR) is 192 cm³/mol. The molecule has 3 N–H and O–H groups in total. The summed E-state index contributed by atoms with van der Waals surface area (Å²) in [6, 6.07) is 26.7. The molecular formula is C37H40N10O2. The lowest BCUT2D eigenvalue weighted by Gasteiger charge is -2.36. The number of rotatable bonds is 9. The van der Waals surface area contributed by atoms with Gasteiger partial charge in [-0.25, -0.2) is 14.8 Å². The number of nitrogens with zero attached hydrogens (tertiary/aromatic N) is 7. The number of imide groups is 1. The van der Waals surface area contributed by atoms with E-state index in [4.69, 9.17) is 9.97 Å². The Balaban J connectivity index is 0.900. The lowest BCUT2D eigenvalue weighted by Crippen LogP contribution is -2.49. The van der Waals surface area contributed by atoms with Crippen molar-refractivity contribution in [2.24, 2.45) is 0 Å². The number of piperazine rings is 1. The highest BCUT2D eigenvalue weighted by atomic mass is 16.2. The van der Waals surface area contributed by atoms with E-state index in [1.54, 1.807) is 4.90 Å². The van der Waals surface area contributed by atoms with Crippen molar-refractivity contribution in [3.63, 3.8) is 0 Å². The van der Waals surface area contributed by atoms with Crippen LogP contribution < -0.4 is 25.8 Å². The third kappa shape index (κ3) is 6.77. The first-order valence-electron chi connectivity index (χ1n) is 17.2. The van der Waals surface area contributed by atoms with E-state index in [2.05, 4.69) is 71.7 Å². The van der Waals surface area contributed by atoms with E-state index in [0.717, 1.165) is 85.3 Å². The lowest BCUT2D eigenvalue weighted by atomic mass is 10.1. The third-order valence-corrected chi connectivity index (χ3v) is 9.70. The minimum absolute atomic E-state index is 0.220. The Bertz CT molecular complexity index is 1950. The Labute approximate surface area is 285 Å². The van der Waals surface area contributed by atoms with Crippen LogP contribution in [0.1, 0.15) is 43.7 Å². The van der Waals surface area contributed by atoms with Crippen molar-refractivity contribution in [3.8, 4) is 0 Å². The molecule has 0 spiro atoms. The fraction of sp³-hybridized carbons (Fsp3) is 0.324. The molecule has 2 saturated heterocycles. The van der Waals surface area contributed by atoms with Crippen LogP contribution in [0.4, 0.5) is 39.4 Å². The first kappa shape index (κ1) is 30.8. The van der Waals surface area contributed by atoms with Gasteiger partial charge in [0.05, 0.1) is 6.20 Å². The van der Waals surface area contributed by atoms with Crippen molar-refractivity contribution in [1.82, 2.24) is 29.7 Å². The molecular weight excluding hydrogens is 616 g/mol. The Morgan fingerprint density at radius 1 is 0.776 bits per heavy atom. The molecule has 0 atom stereocenters. The summed E-state index contributed by atoms with van der Waals surface area (Å²) >= 11 is 0. The largest absolute Gasteiger partial charge is 0.369 e. The van der Waals surface area contributed by atoms with Crippen molar-refractivity contribution >= 4 is 57.7 Å². The van der Waals surface area contributed by atoms with Gasteiger partial charge in [0, 0.05) is 74.5 Å². The number of carbonyl (C=O) groups excluding carboxylic acids is 2. The molecule has 0 bridgehead atoms. The number of benzene rings is 3. The van der Waals surface area contributed by atoms with E-state index in [0.29, 0.717) is 25.0 Å². The van der Waals surface area contributed by atoms with Gasteiger partial charge in [-0.05, 0) is 66.9 Å². The number of urea groups is 1. The maximum Gasteiger partial charge on any atom is 0.328 e. The zero-order valence-corrected chi connectivity index (χ0v) is 27.4. The van der Waals surface area contributed by atoms with Crippen molar-refractivity contribution in [3.05, 3.63) is 90.6 Å². The zero-order chi connectivity index (χ0) is 33.2. The van der Waals surface area contributed by atoms with Gasteiger partial charge in [0.2, 0.25) is 17.8 Å². The molecule has 5 aromatic rings. The first-order valence-corrected chi connectivity index (χ1v) is 17.2. The summed E-state index contributed by atoms with van der Waals surface area (Å²) in [5.74, 6) is 1.14. The molecule has 250 valence electrons. The molecule has 8 rings (SSSR count). The normalized spacial score (nSPS) is 17.5. The van der Waals surface area contributed by atoms with Gasteiger partial charge in [0.15, 0.2) is 5.65 Å². The summed E-state index contributed by atoms with van der Waals surface area (Å²) in [7, 11) is 0. The lowest BCUT2D eigenvalue weighted by molar-refractivity contribution is -0.120. The monoisotopic (exact) mass is 656 g/mol. The van der Waals surface area contributed by atoms with Crippen molar-refractivity contribution in [2.45, 2.75) is 44.7 Å². The molecule has 1 saturated carbocycles. The molecule has 3 aliphatic rings. The second kappa shape index (κ2) is 13.6. The fourth-order valence-electron chi connectivity index (χ4n) is 7.14. The highest BCUT2D eigenvalue weighted by Gasteiger charge is 2.26. The summed E-state index contributed by atoms with van der Waals surface area (Å²) < 4.78 is 2.26. The van der Waals surface area contributed by atoms with Crippen LogP contribution in [0.2, 0.25) is 0 Å². The Morgan fingerprint density at radius 3 is 2.33 bits per heavy atom. The van der Waals surface area contributed by atoms with Crippen molar-refractivity contribution in [1.29, 1.82) is 0 Å². The number of aromatic nitrogens is 4. The highest BCUT2D eigenvalue weighted by molar-refractivity contribution is 6.05. The number of hydrogen-bond donors (Lipinski definition) is 3. The average molecular weight is 657 g/mol. The van der Waals surface area contributed by atoms with Crippen LogP contribution in [0.25, 0.3) is 11.2 Å². The topological polar surface area (TPSA) is 124 Å². The molecule has 3 amide bonds. The minimum atomic E-state index is -0.353. The van der Waals surface area contributed by atoms with E-state index in [9.17, 15) is 9.59 Å². The minimum Gasteiger partial charge on any atom is -0.369 e. The quantitative estimate of drug-likeness (QED) is 0.170. The molecule has 0 unspecified atom stereocenters. The summed E-state index contributed by atoms with van der Waals surface area (Å²) in [5, 5.41) is 9.33. The molecule has 3 fully saturated rings. The number of hydrogen-bond acceptors (Lipinski definition) is 9. The van der Waals surface area contributed by atoms with Gasteiger partial charge in [-0.3, -0.25) is 24.5 Å². The molecule has 3 aromatic carbocycles. The van der Waals surface area contributed by atoms with Crippen LogP contribution >= 0.6 is 0 Å². The Morgan fingerprint density at radius 2 is 1.55 bits per heavy atom. The maximum absolute atomic E-state index is 12.3. The SMILES string of the molecule is O=C1CCN(c2cccc(CN3CCN(c4ccc(Nc5ncc6nc(Nc7ccccc7)n(C7CCCC7)c6n5)cc4)CC3)c2)C(=O)N1. The smallest absolute Gasteiger partial charge is 0.328 e. The van der Waals surface area contributed by atoms with Crippen LogP contribution in [0, 0.1) is 0 Å². The van der Waals surface area contributed by atoms with Gasteiger partial charge in [0.1, 0.15) is 5.52 Å². The molecule has 2 aliphatic heterocycles. The molecule has 12 nitrogen and oxygen atoms in total. The van der Waals surface area contributed by atoms with Gasteiger partial charge >= 0.3 is 6.03 Å². The van der Waals surface area contributed by atoms with Gasteiger partial charge < -0.3 is 15.5 Å². The van der Waals surface area contributed by atoms with Crippen molar-refractivity contribution < 1.29 is 9.59 Å². The Kier molecular flexibility index (Phi) is 8.53. The number of amides is 3.